The summed E-state index contributed by atoms with van der Waals surface area (Å²) in [7, 11) is 0. The summed E-state index contributed by atoms with van der Waals surface area (Å²) >= 11 is 2.96. The van der Waals surface area contributed by atoms with Crippen LogP contribution >= 0.6 is 23.1 Å². The van der Waals surface area contributed by atoms with Gasteiger partial charge in [0.15, 0.2) is 5.16 Å². The minimum absolute atomic E-state index is 0.0406. The van der Waals surface area contributed by atoms with Crippen LogP contribution in [0.1, 0.15) is 37.1 Å². The first-order chi connectivity index (χ1) is 13.6. The second-order valence-electron chi connectivity index (χ2n) is 6.74. The summed E-state index contributed by atoms with van der Waals surface area (Å²) < 4.78 is 7.17. The summed E-state index contributed by atoms with van der Waals surface area (Å²) in [5.41, 5.74) is 1.88. The van der Waals surface area contributed by atoms with E-state index in [4.69, 9.17) is 9.72 Å². The third-order valence-electron chi connectivity index (χ3n) is 4.83. The second kappa shape index (κ2) is 7.98. The largest absolute Gasteiger partial charge is 0.494 e. The highest BCUT2D eigenvalue weighted by Crippen LogP contribution is 2.35. The maximum Gasteiger partial charge on any atom is 0.267 e. The molecule has 1 atom stereocenters. The molecule has 1 unspecified atom stereocenters. The third kappa shape index (κ3) is 3.43. The fourth-order valence-electron chi connectivity index (χ4n) is 3.54. The molecule has 1 aliphatic carbocycles. The van der Waals surface area contributed by atoms with Crippen molar-refractivity contribution in [1.29, 1.82) is 5.26 Å². The van der Waals surface area contributed by atoms with E-state index in [1.807, 2.05) is 38.1 Å². The number of aryl methyl sites for hydroxylation is 2. The van der Waals surface area contributed by atoms with E-state index in [1.54, 1.807) is 15.9 Å². The highest BCUT2D eigenvalue weighted by atomic mass is 32.2. The molecule has 0 spiro atoms. The lowest BCUT2D eigenvalue weighted by atomic mass is 9.97. The Labute approximate surface area is 172 Å². The molecule has 1 aliphatic rings. The summed E-state index contributed by atoms with van der Waals surface area (Å²) in [6.45, 7) is 4.35. The van der Waals surface area contributed by atoms with Gasteiger partial charge < -0.3 is 4.74 Å². The van der Waals surface area contributed by atoms with Crippen LogP contribution in [-0.2, 0) is 12.8 Å². The molecule has 0 saturated heterocycles. The van der Waals surface area contributed by atoms with E-state index in [2.05, 4.69) is 6.07 Å². The van der Waals surface area contributed by atoms with Crippen molar-refractivity contribution in [2.24, 2.45) is 0 Å². The Hall–Kier alpha value is -2.30. The summed E-state index contributed by atoms with van der Waals surface area (Å²) in [6, 6.07) is 9.70. The average Bonchev–Trinajstić information content (AvgIpc) is 3.08. The van der Waals surface area contributed by atoms with Gasteiger partial charge in [-0.15, -0.1) is 11.3 Å². The Morgan fingerprint density at radius 1 is 1.32 bits per heavy atom. The van der Waals surface area contributed by atoms with E-state index in [0.29, 0.717) is 11.8 Å². The average molecular weight is 412 g/mol. The smallest absolute Gasteiger partial charge is 0.267 e. The fraction of sp³-hybridized carbons (Fsp3) is 0.381. The number of rotatable bonds is 5. The molecule has 4 rings (SSSR count). The molecule has 0 fully saturated rings. The van der Waals surface area contributed by atoms with Gasteiger partial charge in [-0.05, 0) is 69.4 Å². The van der Waals surface area contributed by atoms with E-state index in [1.165, 1.54) is 28.6 Å². The van der Waals surface area contributed by atoms with Gasteiger partial charge in [0.05, 0.1) is 29.0 Å². The Morgan fingerprint density at radius 2 is 2.07 bits per heavy atom. The number of fused-ring (bicyclic) bond motifs is 3. The van der Waals surface area contributed by atoms with Gasteiger partial charge in [-0.2, -0.15) is 5.26 Å². The number of thioether (sulfide) groups is 1. The number of ether oxygens (including phenoxy) is 1. The topological polar surface area (TPSA) is 67.9 Å². The number of hydrogen-bond donors (Lipinski definition) is 0. The van der Waals surface area contributed by atoms with Crippen LogP contribution in [0, 0.1) is 11.3 Å². The zero-order valence-corrected chi connectivity index (χ0v) is 17.5. The van der Waals surface area contributed by atoms with Gasteiger partial charge in [-0.3, -0.25) is 9.36 Å². The first-order valence-electron chi connectivity index (χ1n) is 9.49. The maximum absolute atomic E-state index is 13.6. The maximum atomic E-state index is 13.6. The highest BCUT2D eigenvalue weighted by Gasteiger charge is 2.23. The zero-order chi connectivity index (χ0) is 19.7. The molecule has 2 aromatic heterocycles. The second-order valence-corrected chi connectivity index (χ2v) is 9.13. The molecule has 0 radical (unpaired) electrons. The molecule has 0 aliphatic heterocycles. The van der Waals surface area contributed by atoms with Gasteiger partial charge in [0, 0.05) is 4.88 Å². The van der Waals surface area contributed by atoms with Crippen LogP contribution in [0.2, 0.25) is 0 Å². The summed E-state index contributed by atoms with van der Waals surface area (Å²) in [5.74, 6) is 0.765. The monoisotopic (exact) mass is 411 g/mol. The van der Waals surface area contributed by atoms with Gasteiger partial charge in [0.25, 0.3) is 5.56 Å². The van der Waals surface area contributed by atoms with Crippen LogP contribution in [0.5, 0.6) is 5.75 Å². The molecular formula is C21H21N3O2S2. The van der Waals surface area contributed by atoms with E-state index < -0.39 is 0 Å². The molecule has 0 amide bonds. The lowest BCUT2D eigenvalue weighted by molar-refractivity contribution is 0.340. The Kier molecular flexibility index (Phi) is 5.42. The molecular weight excluding hydrogens is 390 g/mol. The Balaban J connectivity index is 1.93. The van der Waals surface area contributed by atoms with Crippen molar-refractivity contribution in [2.45, 2.75) is 49.9 Å². The molecule has 28 heavy (non-hydrogen) atoms. The van der Waals surface area contributed by atoms with Gasteiger partial charge in [-0.1, -0.05) is 11.8 Å². The molecule has 1 aromatic carbocycles. The van der Waals surface area contributed by atoms with Crippen LogP contribution in [-0.4, -0.2) is 21.4 Å². The van der Waals surface area contributed by atoms with Crippen LogP contribution in [0.3, 0.4) is 0 Å². The summed E-state index contributed by atoms with van der Waals surface area (Å²) in [5, 5.41) is 10.3. The SMILES string of the molecule is CCOc1ccc(-n2c(SC(C)C#N)nc3sc4c(c3c2=O)CCCC4)cc1. The van der Waals surface area contributed by atoms with Crippen LogP contribution in [0.25, 0.3) is 15.9 Å². The molecule has 5 nitrogen and oxygen atoms in total. The van der Waals surface area contributed by atoms with E-state index >= 15 is 0 Å². The van der Waals surface area contributed by atoms with Crippen molar-refractivity contribution in [3.63, 3.8) is 0 Å². The molecule has 144 valence electrons. The first-order valence-corrected chi connectivity index (χ1v) is 11.2. The normalized spacial score (nSPS) is 14.5. The Morgan fingerprint density at radius 3 is 2.79 bits per heavy atom. The standard InChI is InChI=1S/C21H21N3O2S2/c1-3-26-15-10-8-14(9-11-15)24-20(25)18-16-6-4-5-7-17(16)28-19(18)23-21(24)27-13(2)12-22/h8-11,13H,3-7H2,1-2H3. The van der Waals surface area contributed by atoms with Gasteiger partial charge in [-0.25, -0.2) is 4.98 Å². The van der Waals surface area contributed by atoms with Crippen molar-refractivity contribution >= 4 is 33.3 Å². The third-order valence-corrected chi connectivity index (χ3v) is 6.96. The van der Waals surface area contributed by atoms with Crippen LogP contribution in [0.15, 0.2) is 34.2 Å². The number of thiophene rings is 1. The molecule has 3 aromatic rings. The van der Waals surface area contributed by atoms with Crippen molar-refractivity contribution in [3.05, 3.63) is 45.1 Å². The minimum Gasteiger partial charge on any atom is -0.494 e. The number of hydrogen-bond acceptors (Lipinski definition) is 6. The lowest BCUT2D eigenvalue weighted by Crippen LogP contribution is -2.22. The van der Waals surface area contributed by atoms with Gasteiger partial charge in [0.2, 0.25) is 0 Å². The van der Waals surface area contributed by atoms with E-state index in [9.17, 15) is 10.1 Å². The Bertz CT molecular complexity index is 1110. The van der Waals surface area contributed by atoms with Crippen molar-refractivity contribution < 1.29 is 4.74 Å². The first kappa shape index (κ1) is 19.0. The number of aromatic nitrogens is 2. The van der Waals surface area contributed by atoms with E-state index in [-0.39, 0.29) is 10.8 Å². The van der Waals surface area contributed by atoms with E-state index in [0.717, 1.165) is 40.9 Å². The van der Waals surface area contributed by atoms with Crippen LogP contribution < -0.4 is 10.3 Å². The predicted octanol–water partition coefficient (Wildman–Crippen LogP) is 4.73. The number of nitriles is 1. The quantitative estimate of drug-likeness (QED) is 0.448. The summed E-state index contributed by atoms with van der Waals surface area (Å²) in [4.78, 5) is 20.5. The number of nitrogens with zero attached hydrogens (tertiary/aromatic N) is 3. The molecule has 0 N–H and O–H groups in total. The highest BCUT2D eigenvalue weighted by molar-refractivity contribution is 8.00. The van der Waals surface area contributed by atoms with Crippen LogP contribution in [0.4, 0.5) is 0 Å². The minimum atomic E-state index is -0.298. The molecule has 2 heterocycles. The van der Waals surface area contributed by atoms with Gasteiger partial charge in [0.1, 0.15) is 10.6 Å². The lowest BCUT2D eigenvalue weighted by Gasteiger charge is -2.14. The molecule has 7 heteroatoms. The number of benzene rings is 1. The van der Waals surface area contributed by atoms with Crippen molar-refractivity contribution in [3.8, 4) is 17.5 Å². The van der Waals surface area contributed by atoms with Gasteiger partial charge >= 0.3 is 0 Å². The summed E-state index contributed by atoms with van der Waals surface area (Å²) in [6.07, 6.45) is 4.25. The fourth-order valence-corrected chi connectivity index (χ4v) is 5.65. The molecule has 0 bridgehead atoms. The predicted molar refractivity (Wildman–Crippen MR) is 114 cm³/mol. The zero-order valence-electron chi connectivity index (χ0n) is 15.9. The van der Waals surface area contributed by atoms with Crippen molar-refractivity contribution in [1.82, 2.24) is 9.55 Å². The van der Waals surface area contributed by atoms with Crippen molar-refractivity contribution in [2.75, 3.05) is 6.61 Å². The molecule has 0 saturated carbocycles.